The maximum absolute atomic E-state index is 12.6. The number of carbonyl (C=O) groups is 1. The van der Waals surface area contributed by atoms with Crippen LogP contribution in [0.2, 0.25) is 0 Å². The monoisotopic (exact) mass is 331 g/mol. The van der Waals surface area contributed by atoms with Crippen molar-refractivity contribution in [3.63, 3.8) is 0 Å². The van der Waals surface area contributed by atoms with E-state index in [2.05, 4.69) is 22.3 Å². The normalized spacial score (nSPS) is 17.6. The van der Waals surface area contributed by atoms with E-state index in [1.807, 2.05) is 17.0 Å². The van der Waals surface area contributed by atoms with Gasteiger partial charge in [0.15, 0.2) is 0 Å². The minimum atomic E-state index is -0.00812. The molecule has 2 aliphatic rings. The van der Waals surface area contributed by atoms with Crippen molar-refractivity contribution in [1.29, 1.82) is 0 Å². The lowest BCUT2D eigenvalue weighted by Gasteiger charge is -2.29. The number of hydrogen-bond donors (Lipinski definition) is 2. The Morgan fingerprint density at radius 1 is 1.21 bits per heavy atom. The van der Waals surface area contributed by atoms with Crippen molar-refractivity contribution in [2.45, 2.75) is 51.0 Å². The number of piperidine rings is 1. The van der Waals surface area contributed by atoms with Crippen LogP contribution in [0.1, 0.15) is 44.9 Å². The van der Waals surface area contributed by atoms with Crippen molar-refractivity contribution in [1.82, 2.24) is 4.90 Å². The highest BCUT2D eigenvalue weighted by Crippen LogP contribution is 2.28. The smallest absolute Gasteiger partial charge is 0.322 e. The molecule has 2 N–H and O–H groups in total. The molecule has 0 atom stereocenters. The van der Waals surface area contributed by atoms with Crippen molar-refractivity contribution in [3.8, 4) is 0 Å². The topological polar surface area (TPSA) is 55.8 Å². The first-order valence-corrected chi connectivity index (χ1v) is 9.31. The number of carbonyl (C=O) groups excluding carboxylic acids is 1. The fourth-order valence-corrected chi connectivity index (χ4v) is 3.36. The molecule has 1 aromatic carbocycles. The lowest BCUT2D eigenvalue weighted by molar-refractivity contribution is 0.204. The van der Waals surface area contributed by atoms with Gasteiger partial charge in [0.25, 0.3) is 0 Å². The maximum Gasteiger partial charge on any atom is 0.322 e. The number of unbranched alkanes of at least 4 members (excludes halogenated alkanes) is 1. The van der Waals surface area contributed by atoms with Crippen LogP contribution in [0.5, 0.6) is 0 Å². The van der Waals surface area contributed by atoms with Crippen LogP contribution in [-0.4, -0.2) is 48.3 Å². The summed E-state index contributed by atoms with van der Waals surface area (Å²) < 4.78 is 0. The largest absolute Gasteiger partial charge is 0.396 e. The summed E-state index contributed by atoms with van der Waals surface area (Å²) in [5.41, 5.74) is 2.07. The zero-order valence-electron chi connectivity index (χ0n) is 14.4. The first-order valence-electron chi connectivity index (χ1n) is 9.31. The van der Waals surface area contributed by atoms with Crippen molar-refractivity contribution in [2.24, 2.45) is 0 Å². The summed E-state index contributed by atoms with van der Waals surface area (Å²) in [7, 11) is 0. The number of anilines is 2. The molecule has 2 fully saturated rings. The number of aliphatic hydroxyl groups is 1. The molecule has 24 heavy (non-hydrogen) atoms. The molecule has 3 rings (SSSR count). The third-order valence-electron chi connectivity index (χ3n) is 4.87. The molecule has 1 saturated carbocycles. The summed E-state index contributed by atoms with van der Waals surface area (Å²) >= 11 is 0. The van der Waals surface area contributed by atoms with E-state index in [-0.39, 0.29) is 12.6 Å². The zero-order chi connectivity index (χ0) is 16.8. The van der Waals surface area contributed by atoms with Crippen LogP contribution >= 0.6 is 0 Å². The average molecular weight is 331 g/mol. The molecule has 0 unspecified atom stereocenters. The second-order valence-corrected chi connectivity index (χ2v) is 6.88. The van der Waals surface area contributed by atoms with Crippen molar-refractivity contribution in [3.05, 3.63) is 24.3 Å². The highest BCUT2D eigenvalue weighted by molar-refractivity contribution is 5.90. The number of rotatable bonds is 7. The summed E-state index contributed by atoms with van der Waals surface area (Å²) in [6.45, 7) is 3.13. The fraction of sp³-hybridized carbons (Fsp3) is 0.632. The summed E-state index contributed by atoms with van der Waals surface area (Å²) in [4.78, 5) is 17.0. The fourth-order valence-electron chi connectivity index (χ4n) is 3.36. The Morgan fingerprint density at radius 2 is 2.00 bits per heavy atom. The third kappa shape index (κ3) is 4.63. The van der Waals surface area contributed by atoms with Crippen LogP contribution in [0.4, 0.5) is 16.2 Å². The van der Waals surface area contributed by atoms with Gasteiger partial charge in [-0.1, -0.05) is 6.07 Å². The van der Waals surface area contributed by atoms with Gasteiger partial charge in [0.1, 0.15) is 0 Å². The SMILES string of the molecule is O=C(Nc1cccc(N2CCCCC2)c1)N(CCCCO)C1CC1. The van der Waals surface area contributed by atoms with Gasteiger partial charge in [-0.25, -0.2) is 4.79 Å². The van der Waals surface area contributed by atoms with E-state index in [4.69, 9.17) is 5.11 Å². The second kappa shape index (κ2) is 8.38. The number of aliphatic hydroxyl groups excluding tert-OH is 1. The Morgan fingerprint density at radius 3 is 2.71 bits per heavy atom. The van der Waals surface area contributed by atoms with Crippen LogP contribution in [0.15, 0.2) is 24.3 Å². The Hall–Kier alpha value is -1.75. The number of amides is 2. The maximum atomic E-state index is 12.6. The van der Waals surface area contributed by atoms with Gasteiger partial charge in [-0.3, -0.25) is 0 Å². The zero-order valence-corrected chi connectivity index (χ0v) is 14.4. The van der Waals surface area contributed by atoms with Crippen LogP contribution in [-0.2, 0) is 0 Å². The first-order chi connectivity index (χ1) is 11.8. The minimum absolute atomic E-state index is 0.00812. The standard InChI is InChI=1S/C19H29N3O2/c23-14-5-4-13-22(17-9-10-17)19(24)20-16-7-6-8-18(15-16)21-11-2-1-3-12-21/h6-8,15,17,23H,1-5,9-14H2,(H,20,24). The van der Waals surface area contributed by atoms with E-state index in [1.165, 1.54) is 24.9 Å². The molecule has 1 aromatic rings. The first kappa shape index (κ1) is 17.1. The van der Waals surface area contributed by atoms with E-state index in [9.17, 15) is 4.79 Å². The molecule has 1 aliphatic carbocycles. The van der Waals surface area contributed by atoms with Gasteiger partial charge in [0, 0.05) is 43.7 Å². The van der Waals surface area contributed by atoms with Crippen molar-refractivity contribution >= 4 is 17.4 Å². The van der Waals surface area contributed by atoms with Gasteiger partial charge in [0.2, 0.25) is 0 Å². The number of nitrogens with one attached hydrogen (secondary N) is 1. The highest BCUT2D eigenvalue weighted by Gasteiger charge is 2.32. The molecule has 1 heterocycles. The molecule has 2 amide bonds. The molecule has 0 radical (unpaired) electrons. The highest BCUT2D eigenvalue weighted by atomic mass is 16.3. The molecule has 1 aliphatic heterocycles. The molecule has 0 bridgehead atoms. The third-order valence-corrected chi connectivity index (χ3v) is 4.87. The summed E-state index contributed by atoms with van der Waals surface area (Å²) in [5.74, 6) is 0. The van der Waals surface area contributed by atoms with E-state index < -0.39 is 0 Å². The van der Waals surface area contributed by atoms with Gasteiger partial charge in [-0.05, 0) is 63.1 Å². The molecular weight excluding hydrogens is 302 g/mol. The molecule has 132 valence electrons. The second-order valence-electron chi connectivity index (χ2n) is 6.88. The minimum Gasteiger partial charge on any atom is -0.396 e. The van der Waals surface area contributed by atoms with Gasteiger partial charge < -0.3 is 20.2 Å². The van der Waals surface area contributed by atoms with Gasteiger partial charge in [0.05, 0.1) is 0 Å². The molecule has 0 aromatic heterocycles. The summed E-state index contributed by atoms with van der Waals surface area (Å²) in [6.07, 6.45) is 7.61. The number of nitrogens with zero attached hydrogens (tertiary/aromatic N) is 2. The molecular formula is C19H29N3O2. The van der Waals surface area contributed by atoms with Gasteiger partial charge >= 0.3 is 6.03 Å². The molecule has 5 nitrogen and oxygen atoms in total. The Bertz CT molecular complexity index is 539. The Balaban J connectivity index is 1.60. The number of hydrogen-bond acceptors (Lipinski definition) is 3. The van der Waals surface area contributed by atoms with E-state index in [0.29, 0.717) is 6.04 Å². The Labute approximate surface area is 144 Å². The van der Waals surface area contributed by atoms with E-state index in [0.717, 1.165) is 51.0 Å². The van der Waals surface area contributed by atoms with Gasteiger partial charge in [-0.2, -0.15) is 0 Å². The van der Waals surface area contributed by atoms with Crippen molar-refractivity contribution < 1.29 is 9.90 Å². The Kier molecular flexibility index (Phi) is 5.96. The van der Waals surface area contributed by atoms with E-state index in [1.54, 1.807) is 0 Å². The predicted octanol–water partition coefficient (Wildman–Crippen LogP) is 3.45. The van der Waals surface area contributed by atoms with Crippen LogP contribution < -0.4 is 10.2 Å². The van der Waals surface area contributed by atoms with E-state index >= 15 is 0 Å². The van der Waals surface area contributed by atoms with Crippen molar-refractivity contribution in [2.75, 3.05) is 36.5 Å². The molecule has 1 saturated heterocycles. The van der Waals surface area contributed by atoms with Crippen LogP contribution in [0, 0.1) is 0 Å². The van der Waals surface area contributed by atoms with Crippen LogP contribution in [0.25, 0.3) is 0 Å². The number of urea groups is 1. The summed E-state index contributed by atoms with van der Waals surface area (Å²) in [6, 6.07) is 8.57. The molecule has 5 heteroatoms. The average Bonchev–Trinajstić information content (AvgIpc) is 3.44. The summed E-state index contributed by atoms with van der Waals surface area (Å²) in [5, 5.41) is 12.0. The number of benzene rings is 1. The quantitative estimate of drug-likeness (QED) is 0.753. The van der Waals surface area contributed by atoms with Crippen LogP contribution in [0.3, 0.4) is 0 Å². The lowest BCUT2D eigenvalue weighted by Crippen LogP contribution is -2.37. The van der Waals surface area contributed by atoms with Gasteiger partial charge in [-0.15, -0.1) is 0 Å². The molecule has 0 spiro atoms. The predicted molar refractivity (Wildman–Crippen MR) is 97.6 cm³/mol. The lowest BCUT2D eigenvalue weighted by atomic mass is 10.1.